The van der Waals surface area contributed by atoms with Crippen LogP contribution in [0.4, 0.5) is 0 Å². The van der Waals surface area contributed by atoms with Crippen molar-refractivity contribution in [1.29, 1.82) is 0 Å². The highest BCUT2D eigenvalue weighted by molar-refractivity contribution is 5.81. The first-order chi connectivity index (χ1) is 9.74. The molecule has 3 N–H and O–H groups in total. The van der Waals surface area contributed by atoms with E-state index in [1.54, 1.807) is 0 Å². The molecule has 0 aliphatic carbocycles. The number of hydrogen-bond donors (Lipinski definition) is 2. The van der Waals surface area contributed by atoms with Crippen molar-refractivity contribution < 1.29 is 9.53 Å². The Morgan fingerprint density at radius 3 is 2.75 bits per heavy atom. The highest BCUT2D eigenvalue weighted by atomic mass is 16.5. The summed E-state index contributed by atoms with van der Waals surface area (Å²) in [6, 6.07) is 8.03. The molecule has 1 aromatic rings. The highest BCUT2D eigenvalue weighted by Gasteiger charge is 2.28. The second-order valence-corrected chi connectivity index (χ2v) is 4.98. The van der Waals surface area contributed by atoms with Crippen LogP contribution in [-0.2, 0) is 22.6 Å². The number of nitrogens with two attached hydrogens (primary N) is 1. The average Bonchev–Trinajstić information content (AvgIpc) is 2.49. The number of carbonyl (C=O) groups is 1. The Labute approximate surface area is 120 Å². The van der Waals surface area contributed by atoms with Crippen molar-refractivity contribution in [2.24, 2.45) is 5.73 Å². The zero-order chi connectivity index (χ0) is 14.4. The fourth-order valence-corrected chi connectivity index (χ4v) is 2.38. The van der Waals surface area contributed by atoms with E-state index in [1.807, 2.05) is 19.1 Å². The van der Waals surface area contributed by atoms with E-state index in [1.165, 1.54) is 5.56 Å². The van der Waals surface area contributed by atoms with Crippen molar-refractivity contribution in [2.45, 2.75) is 26.1 Å². The lowest BCUT2D eigenvalue weighted by molar-refractivity contribution is -0.132. The zero-order valence-electron chi connectivity index (χ0n) is 12.0. The lowest BCUT2D eigenvalue weighted by Crippen LogP contribution is -2.53. The summed E-state index contributed by atoms with van der Waals surface area (Å²) in [5.74, 6) is 0.0470. The van der Waals surface area contributed by atoms with E-state index in [2.05, 4.69) is 22.3 Å². The predicted molar refractivity (Wildman–Crippen MR) is 78.0 cm³/mol. The third-order valence-corrected chi connectivity index (χ3v) is 3.54. The molecule has 110 valence electrons. The molecule has 20 heavy (non-hydrogen) atoms. The lowest BCUT2D eigenvalue weighted by Gasteiger charge is -2.34. The maximum Gasteiger partial charge on any atom is 0.239 e. The quantitative estimate of drug-likeness (QED) is 0.821. The Morgan fingerprint density at radius 2 is 2.10 bits per heavy atom. The molecular formula is C15H23N3O2. The number of ether oxygens (including phenoxy) is 1. The molecule has 2 rings (SSSR count). The molecule has 0 radical (unpaired) electrons. The second-order valence-electron chi connectivity index (χ2n) is 4.98. The van der Waals surface area contributed by atoms with Crippen LogP contribution in [0.15, 0.2) is 24.3 Å². The summed E-state index contributed by atoms with van der Waals surface area (Å²) in [6.07, 6.45) is 0. The fraction of sp³-hybridized carbons (Fsp3) is 0.533. The maximum absolute atomic E-state index is 12.0. The number of nitrogens with zero attached hydrogens (tertiary/aromatic N) is 1. The Morgan fingerprint density at radius 1 is 1.40 bits per heavy atom. The minimum absolute atomic E-state index is 0.0470. The Kier molecular flexibility index (Phi) is 5.52. The summed E-state index contributed by atoms with van der Waals surface area (Å²) in [7, 11) is 0. The smallest absolute Gasteiger partial charge is 0.239 e. The Bertz CT molecular complexity index is 433. The van der Waals surface area contributed by atoms with Gasteiger partial charge in [0, 0.05) is 26.2 Å². The van der Waals surface area contributed by atoms with E-state index in [0.717, 1.165) is 18.7 Å². The van der Waals surface area contributed by atoms with Gasteiger partial charge >= 0.3 is 0 Å². The first-order valence-electron chi connectivity index (χ1n) is 7.12. The van der Waals surface area contributed by atoms with E-state index in [0.29, 0.717) is 26.3 Å². The van der Waals surface area contributed by atoms with Crippen molar-refractivity contribution in [2.75, 3.05) is 26.3 Å². The van der Waals surface area contributed by atoms with Crippen LogP contribution in [0.3, 0.4) is 0 Å². The summed E-state index contributed by atoms with van der Waals surface area (Å²) in [4.78, 5) is 14.2. The molecule has 1 aliphatic rings. The number of nitrogens with one attached hydrogen (secondary N) is 1. The minimum Gasteiger partial charge on any atom is -0.378 e. The van der Waals surface area contributed by atoms with E-state index in [4.69, 9.17) is 10.5 Å². The molecule has 1 heterocycles. The topological polar surface area (TPSA) is 67.6 Å². The number of likely N-dealkylation sites (N-methyl/N-ethyl adjacent to an activating group) is 1. The van der Waals surface area contributed by atoms with Crippen LogP contribution in [0, 0.1) is 0 Å². The molecule has 1 fully saturated rings. The normalized spacial score (nSPS) is 19.8. The van der Waals surface area contributed by atoms with Gasteiger partial charge in [0.25, 0.3) is 0 Å². The van der Waals surface area contributed by atoms with Crippen molar-refractivity contribution in [1.82, 2.24) is 10.2 Å². The van der Waals surface area contributed by atoms with Crippen molar-refractivity contribution in [3.8, 4) is 0 Å². The number of rotatable bonds is 5. The molecule has 1 atom stereocenters. The van der Waals surface area contributed by atoms with Crippen LogP contribution >= 0.6 is 0 Å². The molecule has 0 aromatic heterocycles. The van der Waals surface area contributed by atoms with Crippen molar-refractivity contribution in [3.63, 3.8) is 0 Å². The highest BCUT2D eigenvalue weighted by Crippen LogP contribution is 2.13. The summed E-state index contributed by atoms with van der Waals surface area (Å²) in [5, 5.41) is 2.87. The Hall–Kier alpha value is -1.43. The van der Waals surface area contributed by atoms with Gasteiger partial charge in [-0.05, 0) is 18.1 Å². The summed E-state index contributed by atoms with van der Waals surface area (Å²) in [6.45, 7) is 5.81. The number of benzene rings is 1. The van der Waals surface area contributed by atoms with E-state index < -0.39 is 0 Å². The van der Waals surface area contributed by atoms with E-state index in [9.17, 15) is 4.79 Å². The predicted octanol–water partition coefficient (Wildman–Crippen LogP) is 0.482. The number of amides is 1. The molecular weight excluding hydrogens is 254 g/mol. The summed E-state index contributed by atoms with van der Waals surface area (Å²) in [5.41, 5.74) is 7.91. The van der Waals surface area contributed by atoms with Crippen LogP contribution in [0.1, 0.15) is 18.1 Å². The van der Waals surface area contributed by atoms with Crippen LogP contribution in [0.25, 0.3) is 0 Å². The number of hydrogen-bond acceptors (Lipinski definition) is 4. The standard InChI is InChI=1S/C15H23N3O2/c1-2-17-15(19)14-11-20-8-7-18(14)10-13-5-3-12(9-16)4-6-13/h3-6,14H,2,7-11,16H2,1H3,(H,17,19). The number of carbonyl (C=O) groups excluding carboxylic acids is 1. The molecule has 0 spiro atoms. The van der Waals surface area contributed by atoms with Gasteiger partial charge in [0.2, 0.25) is 5.91 Å². The number of morpholine rings is 1. The van der Waals surface area contributed by atoms with Crippen molar-refractivity contribution >= 4 is 5.91 Å². The lowest BCUT2D eigenvalue weighted by atomic mass is 10.1. The molecule has 0 saturated carbocycles. The molecule has 5 nitrogen and oxygen atoms in total. The van der Waals surface area contributed by atoms with Gasteiger partial charge in [-0.25, -0.2) is 0 Å². The second kappa shape index (κ2) is 7.38. The monoisotopic (exact) mass is 277 g/mol. The van der Waals surface area contributed by atoms with Gasteiger partial charge in [-0.1, -0.05) is 24.3 Å². The molecule has 1 aromatic carbocycles. The van der Waals surface area contributed by atoms with Gasteiger partial charge < -0.3 is 15.8 Å². The largest absolute Gasteiger partial charge is 0.378 e. The molecule has 0 bridgehead atoms. The molecule has 1 unspecified atom stereocenters. The van der Waals surface area contributed by atoms with Crippen LogP contribution in [0.2, 0.25) is 0 Å². The van der Waals surface area contributed by atoms with E-state index >= 15 is 0 Å². The van der Waals surface area contributed by atoms with Crippen LogP contribution in [-0.4, -0.2) is 43.2 Å². The Balaban J connectivity index is 2.02. The SMILES string of the molecule is CCNC(=O)C1COCCN1Cc1ccc(CN)cc1. The molecule has 1 aliphatic heterocycles. The first kappa shape index (κ1) is 15.0. The molecule has 1 saturated heterocycles. The minimum atomic E-state index is -0.196. The van der Waals surface area contributed by atoms with Crippen LogP contribution in [0.5, 0.6) is 0 Å². The van der Waals surface area contributed by atoms with Gasteiger partial charge in [0.15, 0.2) is 0 Å². The zero-order valence-corrected chi connectivity index (χ0v) is 12.0. The summed E-state index contributed by atoms with van der Waals surface area (Å²) >= 11 is 0. The fourth-order valence-electron chi connectivity index (χ4n) is 2.38. The van der Waals surface area contributed by atoms with Gasteiger partial charge in [-0.15, -0.1) is 0 Å². The third kappa shape index (κ3) is 3.79. The molecule has 1 amide bonds. The van der Waals surface area contributed by atoms with Gasteiger partial charge in [0.1, 0.15) is 6.04 Å². The maximum atomic E-state index is 12.0. The van der Waals surface area contributed by atoms with E-state index in [-0.39, 0.29) is 11.9 Å². The van der Waals surface area contributed by atoms with Gasteiger partial charge in [0.05, 0.1) is 13.2 Å². The summed E-state index contributed by atoms with van der Waals surface area (Å²) < 4.78 is 5.43. The average molecular weight is 277 g/mol. The van der Waals surface area contributed by atoms with Gasteiger partial charge in [-0.3, -0.25) is 9.69 Å². The first-order valence-corrected chi connectivity index (χ1v) is 7.12. The molecule has 5 heteroatoms. The third-order valence-electron chi connectivity index (χ3n) is 3.54. The van der Waals surface area contributed by atoms with Crippen molar-refractivity contribution in [3.05, 3.63) is 35.4 Å². The van der Waals surface area contributed by atoms with Gasteiger partial charge in [-0.2, -0.15) is 0 Å². The van der Waals surface area contributed by atoms with Crippen LogP contribution < -0.4 is 11.1 Å².